The van der Waals surface area contributed by atoms with E-state index in [9.17, 15) is 0 Å². The Balaban J connectivity index is -0.00000000785. The van der Waals surface area contributed by atoms with Crippen LogP contribution in [0.2, 0.25) is 0 Å². The van der Waals surface area contributed by atoms with Crippen molar-refractivity contribution in [2.24, 2.45) is 0 Å². The molecule has 62 valence electrons. The fourth-order valence-corrected chi connectivity index (χ4v) is 0. The summed E-state index contributed by atoms with van der Waals surface area (Å²) in [4.78, 5) is 8.56. The summed E-state index contributed by atoms with van der Waals surface area (Å²) >= 11 is 0. The maximum atomic E-state index is 8.74. The summed E-state index contributed by atoms with van der Waals surface area (Å²) in [5.74, 6) is 0. The Labute approximate surface area is 160 Å². The van der Waals surface area contributed by atoms with Gasteiger partial charge in [0.15, 0.2) is 0 Å². The zero-order chi connectivity index (χ0) is 8.08. The van der Waals surface area contributed by atoms with Gasteiger partial charge in [0.25, 0.3) is 0 Å². The molecule has 0 amide bonds. The van der Waals surface area contributed by atoms with E-state index in [1.165, 1.54) is 0 Å². The topological polar surface area (TPSA) is 132 Å². The largest absolute Gasteiger partial charge is 1.00 e. The second-order valence-electron chi connectivity index (χ2n) is 0.730. The molecule has 0 aromatic carbocycles. The standard InChI is InChI=1S/CH2O3.K.2Na.H2O4S.3H/c2-1(3)4;;;;1-5(2,3)4;;;/h(H2,2,3,4);;;;(H2,1,2,3,4);;;/q;3*+1;;3*-1. The smallest absolute Gasteiger partial charge is 1.00 e. The molecular weight excluding hydrogens is 241 g/mol. The molecule has 0 bridgehead atoms. The van der Waals surface area contributed by atoms with Gasteiger partial charge in [-0.25, -0.2) is 4.79 Å². The molecule has 0 aliphatic heterocycles. The maximum absolute atomic E-state index is 8.74. The predicted molar refractivity (Wildman–Crippen MR) is 28.2 cm³/mol. The molecule has 0 radical (unpaired) electrons. The van der Waals surface area contributed by atoms with E-state index in [-0.39, 0.29) is 115 Å². The van der Waals surface area contributed by atoms with Gasteiger partial charge in [-0.15, -0.1) is 0 Å². The molecule has 0 heterocycles. The first-order valence-corrected chi connectivity index (χ1v) is 2.75. The van der Waals surface area contributed by atoms with Gasteiger partial charge in [-0.05, 0) is 0 Å². The van der Waals surface area contributed by atoms with Crippen LogP contribution in [-0.4, -0.2) is 33.9 Å². The number of carboxylic acid groups (broad SMARTS) is 2. The molecule has 12 heavy (non-hydrogen) atoms. The van der Waals surface area contributed by atoms with Crippen molar-refractivity contribution >= 4 is 16.6 Å². The molecule has 0 atom stereocenters. The third-order valence-electron chi connectivity index (χ3n) is 0. The van der Waals surface area contributed by atoms with E-state index in [4.69, 9.17) is 32.5 Å². The van der Waals surface area contributed by atoms with Crippen molar-refractivity contribution < 1.29 is 147 Å². The van der Waals surface area contributed by atoms with Crippen LogP contribution in [0.5, 0.6) is 0 Å². The fourth-order valence-electron chi connectivity index (χ4n) is 0. The van der Waals surface area contributed by atoms with Crippen LogP contribution in [0.15, 0.2) is 0 Å². The number of hydrogen-bond donors (Lipinski definition) is 4. The van der Waals surface area contributed by atoms with Crippen LogP contribution in [0.4, 0.5) is 4.79 Å². The van der Waals surface area contributed by atoms with Crippen LogP contribution in [0.3, 0.4) is 0 Å². The van der Waals surface area contributed by atoms with E-state index in [0.29, 0.717) is 0 Å². The van der Waals surface area contributed by atoms with Crippen LogP contribution < -0.4 is 110 Å². The Morgan fingerprint density at radius 1 is 1.08 bits per heavy atom. The molecular formula is CH7KNa2O7S. The summed E-state index contributed by atoms with van der Waals surface area (Å²) in [7, 11) is -4.67. The van der Waals surface area contributed by atoms with Crippen LogP contribution in [0.25, 0.3) is 0 Å². The molecule has 4 N–H and O–H groups in total. The third-order valence-corrected chi connectivity index (χ3v) is 0. The minimum atomic E-state index is -4.67. The normalized spacial score (nSPS) is 6.83. The minimum absolute atomic E-state index is 0. The first-order chi connectivity index (χ1) is 3.73. The summed E-state index contributed by atoms with van der Waals surface area (Å²) in [6.07, 6.45) is -1.83. The molecule has 0 saturated carbocycles. The molecule has 0 unspecified atom stereocenters. The van der Waals surface area contributed by atoms with E-state index in [0.717, 1.165) is 0 Å². The summed E-state index contributed by atoms with van der Waals surface area (Å²) in [6, 6.07) is 0. The van der Waals surface area contributed by atoms with Crippen LogP contribution in [0.1, 0.15) is 4.28 Å². The molecule has 11 heteroatoms. The van der Waals surface area contributed by atoms with E-state index in [2.05, 4.69) is 0 Å². The molecule has 0 aromatic rings. The van der Waals surface area contributed by atoms with Crippen molar-refractivity contribution in [2.45, 2.75) is 0 Å². The average Bonchev–Trinajstić information content (AvgIpc) is 1.19. The van der Waals surface area contributed by atoms with Crippen molar-refractivity contribution in [3.8, 4) is 0 Å². The Kier molecular flexibility index (Phi) is 39.6. The van der Waals surface area contributed by atoms with Crippen LogP contribution in [0, 0.1) is 0 Å². The van der Waals surface area contributed by atoms with E-state index in [1.54, 1.807) is 0 Å². The second kappa shape index (κ2) is 16.2. The summed E-state index contributed by atoms with van der Waals surface area (Å²) < 4.78 is 31.6. The molecule has 0 saturated heterocycles. The van der Waals surface area contributed by atoms with E-state index in [1.807, 2.05) is 0 Å². The quantitative estimate of drug-likeness (QED) is 0.247. The molecule has 0 aromatic heterocycles. The Morgan fingerprint density at radius 2 is 1.08 bits per heavy atom. The van der Waals surface area contributed by atoms with Crippen molar-refractivity contribution in [1.82, 2.24) is 0 Å². The molecule has 0 aliphatic carbocycles. The molecule has 0 spiro atoms. The van der Waals surface area contributed by atoms with Gasteiger partial charge in [0.1, 0.15) is 0 Å². The fraction of sp³-hybridized carbons (Fsp3) is 0. The number of hydrogen-bond acceptors (Lipinski definition) is 3. The van der Waals surface area contributed by atoms with Gasteiger partial charge in [0.05, 0.1) is 0 Å². The van der Waals surface area contributed by atoms with Gasteiger partial charge in [-0.1, -0.05) is 0 Å². The first-order valence-electron chi connectivity index (χ1n) is 1.35. The Bertz CT molecular complexity index is 175. The van der Waals surface area contributed by atoms with E-state index >= 15 is 0 Å². The van der Waals surface area contributed by atoms with Gasteiger partial charge in [-0.3, -0.25) is 9.11 Å². The van der Waals surface area contributed by atoms with Crippen molar-refractivity contribution in [1.29, 1.82) is 0 Å². The number of rotatable bonds is 0. The molecule has 0 aliphatic rings. The number of carbonyl (C=O) groups is 1. The van der Waals surface area contributed by atoms with E-state index < -0.39 is 16.6 Å². The van der Waals surface area contributed by atoms with Gasteiger partial charge in [0.2, 0.25) is 0 Å². The van der Waals surface area contributed by atoms with Crippen molar-refractivity contribution in [2.75, 3.05) is 0 Å². The zero-order valence-corrected chi connectivity index (χ0v) is 14.9. The second-order valence-corrected chi connectivity index (χ2v) is 1.63. The Morgan fingerprint density at radius 3 is 1.08 bits per heavy atom. The van der Waals surface area contributed by atoms with Crippen molar-refractivity contribution in [3.63, 3.8) is 0 Å². The average molecular weight is 248 g/mol. The summed E-state index contributed by atoms with van der Waals surface area (Å²) in [5, 5.41) is 13.9. The van der Waals surface area contributed by atoms with Crippen LogP contribution in [-0.2, 0) is 10.4 Å². The van der Waals surface area contributed by atoms with Gasteiger partial charge >= 0.3 is 127 Å². The first kappa shape index (κ1) is 29.3. The van der Waals surface area contributed by atoms with Gasteiger partial charge < -0.3 is 14.5 Å². The SMILES string of the molecule is O=C(O)O.O=S(=O)(O)O.[H-].[H-].[H-].[K+].[Na+].[Na+]. The minimum Gasteiger partial charge on any atom is -1.00 e. The van der Waals surface area contributed by atoms with Crippen molar-refractivity contribution in [3.05, 3.63) is 0 Å². The molecule has 0 fully saturated rings. The molecule has 0 rings (SSSR count). The molecule has 7 nitrogen and oxygen atoms in total. The van der Waals surface area contributed by atoms with Gasteiger partial charge in [-0.2, -0.15) is 8.42 Å². The van der Waals surface area contributed by atoms with Crippen LogP contribution >= 0.6 is 0 Å². The third kappa shape index (κ3) is 230. The zero-order valence-electron chi connectivity index (χ0n) is 9.92. The predicted octanol–water partition coefficient (Wildman–Crippen LogP) is -9.08. The Hall–Kier alpha value is 2.78. The summed E-state index contributed by atoms with van der Waals surface area (Å²) in [5.41, 5.74) is 0. The monoisotopic (exact) mass is 248 g/mol. The maximum Gasteiger partial charge on any atom is 1.00 e. The summed E-state index contributed by atoms with van der Waals surface area (Å²) in [6.45, 7) is 0. The van der Waals surface area contributed by atoms with Gasteiger partial charge in [0, 0.05) is 0 Å².